The fraction of sp³-hybridized carbons (Fsp3) is 0.682. The van der Waals surface area contributed by atoms with Gasteiger partial charge < -0.3 is 20.1 Å². The van der Waals surface area contributed by atoms with Crippen molar-refractivity contribution in [1.82, 2.24) is 10.6 Å². The third kappa shape index (κ3) is 5.16. The first-order valence-corrected chi connectivity index (χ1v) is 10.1. The second-order valence-corrected chi connectivity index (χ2v) is 9.36. The van der Waals surface area contributed by atoms with Crippen molar-refractivity contribution in [3.05, 3.63) is 23.8 Å². The topological polar surface area (TPSA) is 59.6 Å². The van der Waals surface area contributed by atoms with Crippen LogP contribution in [0.5, 0.6) is 11.5 Å². The average molecular weight is 375 g/mol. The number of benzene rings is 1. The number of methoxy groups -OCH3 is 1. The van der Waals surface area contributed by atoms with Gasteiger partial charge in [-0.15, -0.1) is 0 Å². The lowest BCUT2D eigenvalue weighted by atomic mass is 9.79. The molecule has 0 radical (unpaired) electrons. The van der Waals surface area contributed by atoms with E-state index in [2.05, 4.69) is 38.3 Å². The van der Waals surface area contributed by atoms with Gasteiger partial charge in [-0.25, -0.2) is 0 Å². The minimum Gasteiger partial charge on any atom is -0.493 e. The number of piperidine rings is 1. The van der Waals surface area contributed by atoms with Crippen molar-refractivity contribution < 1.29 is 14.3 Å². The van der Waals surface area contributed by atoms with Gasteiger partial charge in [-0.05, 0) is 84.4 Å². The summed E-state index contributed by atoms with van der Waals surface area (Å²) in [5, 5.41) is 6.88. The normalized spacial score (nSPS) is 22.4. The molecule has 5 heteroatoms. The number of nitrogens with one attached hydrogen (secondary N) is 2. The molecule has 27 heavy (non-hydrogen) atoms. The van der Waals surface area contributed by atoms with Gasteiger partial charge in [0.05, 0.1) is 13.2 Å². The monoisotopic (exact) mass is 374 g/mol. The Morgan fingerprint density at radius 3 is 2.30 bits per heavy atom. The predicted molar refractivity (Wildman–Crippen MR) is 108 cm³/mol. The molecule has 2 N–H and O–H groups in total. The van der Waals surface area contributed by atoms with Crippen LogP contribution >= 0.6 is 0 Å². The van der Waals surface area contributed by atoms with Gasteiger partial charge in [0, 0.05) is 22.7 Å². The van der Waals surface area contributed by atoms with E-state index >= 15 is 0 Å². The zero-order chi connectivity index (χ0) is 19.7. The summed E-state index contributed by atoms with van der Waals surface area (Å²) in [6.45, 7) is 8.75. The minimum absolute atomic E-state index is 0.00362. The Morgan fingerprint density at radius 2 is 1.70 bits per heavy atom. The van der Waals surface area contributed by atoms with Gasteiger partial charge in [0.1, 0.15) is 0 Å². The van der Waals surface area contributed by atoms with Crippen molar-refractivity contribution in [2.75, 3.05) is 7.11 Å². The Hall–Kier alpha value is -1.75. The largest absolute Gasteiger partial charge is 0.493 e. The van der Waals surface area contributed by atoms with Gasteiger partial charge in [-0.1, -0.05) is 0 Å². The van der Waals surface area contributed by atoms with Crippen molar-refractivity contribution in [2.45, 2.75) is 89.4 Å². The Bertz CT molecular complexity index is 662. The van der Waals surface area contributed by atoms with Crippen LogP contribution < -0.4 is 20.1 Å². The zero-order valence-corrected chi connectivity index (χ0v) is 17.4. The molecule has 3 rings (SSSR count). The molecule has 1 aliphatic carbocycles. The summed E-state index contributed by atoms with van der Waals surface area (Å²) in [7, 11) is 1.63. The standard InChI is InChI=1S/C22H34N2O3/c1-21(2)13-16(14-22(3,4)24-21)23-20(25)15-10-11-18(26-5)19(12-15)27-17-8-6-7-9-17/h10-12,16-17,24H,6-9,13-14H2,1-5H3,(H,23,25). The van der Waals surface area contributed by atoms with Gasteiger partial charge in [-0.2, -0.15) is 0 Å². The third-order valence-corrected chi connectivity index (χ3v) is 5.55. The van der Waals surface area contributed by atoms with Crippen molar-refractivity contribution in [3.63, 3.8) is 0 Å². The minimum atomic E-state index is -0.0487. The van der Waals surface area contributed by atoms with Crippen LogP contribution in [-0.2, 0) is 0 Å². The Balaban J connectivity index is 1.72. The summed E-state index contributed by atoms with van der Waals surface area (Å²) >= 11 is 0. The van der Waals surface area contributed by atoms with Crippen molar-refractivity contribution in [1.29, 1.82) is 0 Å². The van der Waals surface area contributed by atoms with Gasteiger partial charge in [0.15, 0.2) is 11.5 Å². The first-order chi connectivity index (χ1) is 12.7. The molecule has 5 nitrogen and oxygen atoms in total. The SMILES string of the molecule is COc1ccc(C(=O)NC2CC(C)(C)NC(C)(C)C2)cc1OC1CCCC1. The molecular formula is C22H34N2O3. The quantitative estimate of drug-likeness (QED) is 0.816. The molecular weight excluding hydrogens is 340 g/mol. The number of ether oxygens (including phenoxy) is 2. The molecule has 1 saturated heterocycles. The van der Waals surface area contributed by atoms with Gasteiger partial charge in [0.2, 0.25) is 0 Å². The highest BCUT2D eigenvalue weighted by Crippen LogP contribution is 2.33. The molecule has 0 unspecified atom stereocenters. The highest BCUT2D eigenvalue weighted by Gasteiger charge is 2.38. The molecule has 2 fully saturated rings. The zero-order valence-electron chi connectivity index (χ0n) is 17.4. The summed E-state index contributed by atoms with van der Waals surface area (Å²) in [6, 6.07) is 5.61. The molecule has 1 aromatic rings. The smallest absolute Gasteiger partial charge is 0.251 e. The van der Waals surface area contributed by atoms with E-state index in [0.717, 1.165) is 25.7 Å². The average Bonchev–Trinajstić information content (AvgIpc) is 3.04. The number of hydrogen-bond donors (Lipinski definition) is 2. The maximum absolute atomic E-state index is 12.9. The lowest BCUT2D eigenvalue weighted by molar-refractivity contribution is 0.0872. The van der Waals surface area contributed by atoms with E-state index in [1.165, 1.54) is 12.8 Å². The van der Waals surface area contributed by atoms with Crippen LogP contribution in [0.1, 0.15) is 76.6 Å². The fourth-order valence-corrected chi connectivity index (χ4v) is 4.79. The summed E-state index contributed by atoms with van der Waals surface area (Å²) in [4.78, 5) is 12.9. The van der Waals surface area contributed by atoms with Crippen LogP contribution in [-0.4, -0.2) is 36.2 Å². The van der Waals surface area contributed by atoms with Crippen molar-refractivity contribution in [3.8, 4) is 11.5 Å². The van der Waals surface area contributed by atoms with Crippen molar-refractivity contribution >= 4 is 5.91 Å². The van der Waals surface area contributed by atoms with E-state index in [4.69, 9.17) is 9.47 Å². The molecule has 1 aromatic carbocycles. The number of hydrogen-bond acceptors (Lipinski definition) is 4. The van der Waals surface area contributed by atoms with Crippen LogP contribution in [0.25, 0.3) is 0 Å². The van der Waals surface area contributed by atoms with Gasteiger partial charge in [0.25, 0.3) is 5.91 Å². The summed E-state index contributed by atoms with van der Waals surface area (Å²) in [6.07, 6.45) is 6.58. The molecule has 1 aliphatic heterocycles. The van der Waals surface area contributed by atoms with Crippen LogP contribution in [0.2, 0.25) is 0 Å². The number of carbonyl (C=O) groups excluding carboxylic acids is 1. The predicted octanol–water partition coefficient (Wildman–Crippen LogP) is 4.06. The highest BCUT2D eigenvalue weighted by atomic mass is 16.5. The lowest BCUT2D eigenvalue weighted by Crippen LogP contribution is -2.62. The molecule has 0 bridgehead atoms. The van der Waals surface area contributed by atoms with E-state index < -0.39 is 0 Å². The first kappa shape index (κ1) is 20.0. The maximum atomic E-state index is 12.9. The number of amides is 1. The van der Waals surface area contributed by atoms with Crippen LogP contribution in [0, 0.1) is 0 Å². The Morgan fingerprint density at radius 1 is 1.07 bits per heavy atom. The van der Waals surface area contributed by atoms with Crippen LogP contribution in [0.3, 0.4) is 0 Å². The van der Waals surface area contributed by atoms with Crippen LogP contribution in [0.4, 0.5) is 0 Å². The summed E-state index contributed by atoms with van der Waals surface area (Å²) < 4.78 is 11.6. The first-order valence-electron chi connectivity index (χ1n) is 10.1. The second-order valence-electron chi connectivity index (χ2n) is 9.36. The molecule has 1 saturated carbocycles. The molecule has 0 spiro atoms. The lowest BCUT2D eigenvalue weighted by Gasteiger charge is -2.46. The maximum Gasteiger partial charge on any atom is 0.251 e. The molecule has 2 aliphatic rings. The number of carbonyl (C=O) groups is 1. The highest BCUT2D eigenvalue weighted by molar-refractivity contribution is 5.95. The van der Waals surface area contributed by atoms with Gasteiger partial charge in [-0.3, -0.25) is 4.79 Å². The van der Waals surface area contributed by atoms with E-state index in [1.54, 1.807) is 7.11 Å². The van der Waals surface area contributed by atoms with E-state index in [1.807, 2.05) is 18.2 Å². The number of rotatable bonds is 5. The second kappa shape index (κ2) is 7.70. The van der Waals surface area contributed by atoms with Crippen molar-refractivity contribution in [2.24, 2.45) is 0 Å². The van der Waals surface area contributed by atoms with E-state index in [9.17, 15) is 4.79 Å². The Labute approximate surface area is 163 Å². The van der Waals surface area contributed by atoms with E-state index in [-0.39, 0.29) is 29.1 Å². The Kier molecular flexibility index (Phi) is 5.71. The summed E-state index contributed by atoms with van der Waals surface area (Å²) in [5.74, 6) is 1.30. The molecule has 0 aromatic heterocycles. The third-order valence-electron chi connectivity index (χ3n) is 5.55. The molecule has 1 heterocycles. The van der Waals surface area contributed by atoms with E-state index in [0.29, 0.717) is 17.1 Å². The fourth-order valence-electron chi connectivity index (χ4n) is 4.79. The summed E-state index contributed by atoms with van der Waals surface area (Å²) in [5.41, 5.74) is 0.616. The van der Waals surface area contributed by atoms with Crippen LogP contribution in [0.15, 0.2) is 18.2 Å². The molecule has 1 amide bonds. The van der Waals surface area contributed by atoms with Gasteiger partial charge >= 0.3 is 0 Å². The molecule has 150 valence electrons. The molecule has 0 atom stereocenters.